The second-order valence-corrected chi connectivity index (χ2v) is 9.19. The number of primary amides is 2. The average molecular weight is 469 g/mol. The molecule has 2 amide bonds. The molecule has 1 aromatic rings. The Labute approximate surface area is 193 Å². The number of carbonyl (C=O) groups excluding carboxylic acids is 6. The highest BCUT2D eigenvalue weighted by Crippen LogP contribution is 2.56. The number of phenolic OH excluding ortho intramolecular Hbond substituents is 1. The van der Waals surface area contributed by atoms with E-state index in [1.54, 1.807) is 0 Å². The summed E-state index contributed by atoms with van der Waals surface area (Å²) in [5, 5.41) is 21.9. The highest BCUT2D eigenvalue weighted by atomic mass is 16.3. The van der Waals surface area contributed by atoms with Crippen LogP contribution in [0.5, 0.6) is 5.75 Å². The third kappa shape index (κ3) is 2.71. The van der Waals surface area contributed by atoms with Gasteiger partial charge in [0.1, 0.15) is 5.75 Å². The number of hydrogen-bond donors (Lipinski definition) is 4. The van der Waals surface area contributed by atoms with Crippen molar-refractivity contribution in [1.29, 1.82) is 0 Å². The van der Waals surface area contributed by atoms with Crippen LogP contribution in [0.25, 0.3) is 5.57 Å². The fourth-order valence-electron chi connectivity index (χ4n) is 5.96. The van der Waals surface area contributed by atoms with E-state index in [0.717, 1.165) is 0 Å². The maximum atomic E-state index is 13.8. The molecule has 0 aliphatic heterocycles. The van der Waals surface area contributed by atoms with Crippen LogP contribution < -0.4 is 11.5 Å². The fraction of sp³-hybridized carbons (Fsp3) is 0.391. The molecule has 11 heteroatoms. The lowest BCUT2D eigenvalue weighted by atomic mass is 9.47. The molecule has 3 aliphatic rings. The number of aliphatic hydroxyl groups is 1. The van der Waals surface area contributed by atoms with Crippen molar-refractivity contribution in [1.82, 2.24) is 4.90 Å². The minimum Gasteiger partial charge on any atom is -0.507 e. The van der Waals surface area contributed by atoms with Crippen LogP contribution in [0, 0.1) is 29.6 Å². The van der Waals surface area contributed by atoms with Crippen LogP contribution in [0.4, 0.5) is 0 Å². The Morgan fingerprint density at radius 1 is 1.06 bits per heavy atom. The maximum Gasteiger partial charge on any atom is 0.235 e. The lowest BCUT2D eigenvalue weighted by Gasteiger charge is -2.55. The highest BCUT2D eigenvalue weighted by molar-refractivity contribution is 6.33. The second-order valence-electron chi connectivity index (χ2n) is 9.19. The Balaban J connectivity index is 2.05. The van der Waals surface area contributed by atoms with Gasteiger partial charge in [-0.15, -0.1) is 0 Å². The molecule has 3 aliphatic carbocycles. The van der Waals surface area contributed by atoms with Crippen LogP contribution in [-0.2, 0) is 24.0 Å². The minimum absolute atomic E-state index is 0.115. The van der Waals surface area contributed by atoms with E-state index in [4.69, 9.17) is 11.5 Å². The summed E-state index contributed by atoms with van der Waals surface area (Å²) in [4.78, 5) is 79.8. The summed E-state index contributed by atoms with van der Waals surface area (Å²) in [7, 11) is 2.80. The van der Waals surface area contributed by atoms with Crippen LogP contribution in [0.15, 0.2) is 24.8 Å². The van der Waals surface area contributed by atoms with Gasteiger partial charge in [0.2, 0.25) is 11.8 Å². The molecule has 0 spiro atoms. The quantitative estimate of drug-likeness (QED) is 0.363. The van der Waals surface area contributed by atoms with Gasteiger partial charge in [-0.05, 0) is 31.3 Å². The Bertz CT molecular complexity index is 1220. The zero-order valence-corrected chi connectivity index (χ0v) is 18.3. The molecule has 0 heterocycles. The van der Waals surface area contributed by atoms with E-state index in [1.807, 2.05) is 0 Å². The second kappa shape index (κ2) is 7.40. The largest absolute Gasteiger partial charge is 0.507 e. The van der Waals surface area contributed by atoms with Crippen LogP contribution in [0.2, 0.25) is 0 Å². The number of hydrogen-bond acceptors (Lipinski definition) is 9. The summed E-state index contributed by atoms with van der Waals surface area (Å²) in [5.74, 6) is -16.1. The molecule has 2 saturated carbocycles. The van der Waals surface area contributed by atoms with E-state index in [1.165, 1.54) is 37.2 Å². The summed E-state index contributed by atoms with van der Waals surface area (Å²) in [6.07, 6.45) is 0. The number of nitrogens with two attached hydrogens (primary N) is 2. The molecule has 2 fully saturated rings. The van der Waals surface area contributed by atoms with Crippen LogP contribution in [0.3, 0.4) is 0 Å². The Morgan fingerprint density at radius 2 is 1.68 bits per heavy atom. The van der Waals surface area contributed by atoms with Gasteiger partial charge in [-0.1, -0.05) is 18.7 Å². The van der Waals surface area contributed by atoms with Gasteiger partial charge in [-0.2, -0.15) is 0 Å². The zero-order valence-electron chi connectivity index (χ0n) is 18.3. The van der Waals surface area contributed by atoms with Crippen LogP contribution in [-0.4, -0.2) is 75.8 Å². The van der Waals surface area contributed by atoms with Gasteiger partial charge in [-0.3, -0.25) is 33.7 Å². The molecular weight excluding hydrogens is 446 g/mol. The van der Waals surface area contributed by atoms with Gasteiger partial charge in [0.15, 0.2) is 34.7 Å². The molecule has 178 valence electrons. The number of amides is 2. The smallest absolute Gasteiger partial charge is 0.235 e. The van der Waals surface area contributed by atoms with Crippen molar-refractivity contribution in [3.8, 4) is 5.75 Å². The van der Waals surface area contributed by atoms with Gasteiger partial charge < -0.3 is 21.7 Å². The predicted octanol–water partition coefficient (Wildman–Crippen LogP) is -1.95. The number of likely N-dealkylation sites (N-methyl/N-ethyl adjacent to an activating group) is 1. The van der Waals surface area contributed by atoms with Gasteiger partial charge in [0.25, 0.3) is 0 Å². The maximum absolute atomic E-state index is 13.8. The van der Waals surface area contributed by atoms with E-state index in [9.17, 15) is 39.0 Å². The monoisotopic (exact) mass is 469 g/mol. The Hall–Kier alpha value is -3.70. The summed E-state index contributed by atoms with van der Waals surface area (Å²) in [6, 6.07) is 2.66. The Kier molecular flexibility index (Phi) is 5.11. The van der Waals surface area contributed by atoms with Crippen LogP contribution in [0.1, 0.15) is 15.9 Å². The lowest BCUT2D eigenvalue weighted by Crippen LogP contribution is -2.77. The number of benzene rings is 1. The third-order valence-electron chi connectivity index (χ3n) is 7.32. The number of fused-ring (bicyclic) bond motifs is 3. The SMILES string of the molecule is C=C1c2cccc(O)c2C(=O)C2C(=O)[C@@]3(O)C(=O)C(C(N)=O)C(=O)[C@H](N(C)C)[C@H]3[C@H](C(N)=O)[C@@H]12. The number of allylic oxidation sites excluding steroid dienone is 1. The van der Waals surface area contributed by atoms with Crippen molar-refractivity contribution in [3.05, 3.63) is 35.9 Å². The van der Waals surface area contributed by atoms with Crippen molar-refractivity contribution in [2.45, 2.75) is 11.6 Å². The van der Waals surface area contributed by atoms with Crippen molar-refractivity contribution in [2.24, 2.45) is 41.1 Å². The number of ketones is 4. The van der Waals surface area contributed by atoms with Crippen LogP contribution >= 0.6 is 0 Å². The summed E-state index contributed by atoms with van der Waals surface area (Å²) >= 11 is 0. The number of carbonyl (C=O) groups is 6. The predicted molar refractivity (Wildman–Crippen MR) is 115 cm³/mol. The van der Waals surface area contributed by atoms with Gasteiger partial charge in [-0.25, -0.2) is 0 Å². The number of Topliss-reactive ketones (excluding diaryl/α,β-unsaturated/α-hetero) is 4. The molecule has 11 nitrogen and oxygen atoms in total. The average Bonchev–Trinajstić information content (AvgIpc) is 2.73. The van der Waals surface area contributed by atoms with E-state index in [2.05, 4.69) is 6.58 Å². The van der Waals surface area contributed by atoms with Crippen molar-refractivity contribution in [3.63, 3.8) is 0 Å². The van der Waals surface area contributed by atoms with Gasteiger partial charge >= 0.3 is 0 Å². The topological polar surface area (TPSA) is 198 Å². The van der Waals surface area contributed by atoms with E-state index in [-0.39, 0.29) is 16.7 Å². The fourth-order valence-corrected chi connectivity index (χ4v) is 5.96. The molecule has 0 radical (unpaired) electrons. The first-order valence-electron chi connectivity index (χ1n) is 10.4. The molecule has 34 heavy (non-hydrogen) atoms. The summed E-state index contributed by atoms with van der Waals surface area (Å²) in [6.45, 7) is 3.93. The summed E-state index contributed by atoms with van der Waals surface area (Å²) in [5.41, 5.74) is 7.93. The first-order chi connectivity index (χ1) is 15.8. The first kappa shape index (κ1) is 23.5. The normalized spacial score (nSPS) is 35.0. The zero-order chi connectivity index (χ0) is 25.4. The molecular formula is C23H23N3O8. The number of aromatic hydroxyl groups is 1. The number of phenols is 1. The molecule has 6 N–H and O–H groups in total. The summed E-state index contributed by atoms with van der Waals surface area (Å²) < 4.78 is 0. The molecule has 0 bridgehead atoms. The van der Waals surface area contributed by atoms with Gasteiger partial charge in [0.05, 0.1) is 23.4 Å². The molecule has 0 saturated heterocycles. The number of nitrogens with zero attached hydrogens (tertiary/aromatic N) is 1. The van der Waals surface area contributed by atoms with Gasteiger partial charge in [0, 0.05) is 11.8 Å². The van der Waals surface area contributed by atoms with E-state index in [0.29, 0.717) is 0 Å². The third-order valence-corrected chi connectivity index (χ3v) is 7.32. The molecule has 7 atom stereocenters. The molecule has 4 rings (SSSR count). The van der Waals surface area contributed by atoms with E-state index < -0.39 is 81.9 Å². The number of rotatable bonds is 3. The van der Waals surface area contributed by atoms with E-state index >= 15 is 0 Å². The Morgan fingerprint density at radius 3 is 2.21 bits per heavy atom. The first-order valence-corrected chi connectivity index (χ1v) is 10.4. The molecule has 0 aromatic heterocycles. The van der Waals surface area contributed by atoms with Crippen molar-refractivity contribution < 1.29 is 39.0 Å². The standard InChI is InChI=1S/C23H23N3O8/c1-7-8-5-4-6-9(27)11(8)17(28)13-10(7)12(21(24)32)15-16(26(2)3)18(29)14(22(25)33)20(31)23(15,34)19(13)30/h4-6,10,12-16,27,34H,1H2,2-3H3,(H2,24,32)(H2,25,33)/t10-,12-,13?,14?,15-,16-,23-/m1/s1. The molecule has 1 aromatic carbocycles. The van der Waals surface area contributed by atoms with Crippen molar-refractivity contribution >= 4 is 40.5 Å². The lowest BCUT2D eigenvalue weighted by molar-refractivity contribution is -0.186. The molecule has 2 unspecified atom stereocenters. The highest BCUT2D eigenvalue weighted by Gasteiger charge is 2.73. The minimum atomic E-state index is -3.08. The van der Waals surface area contributed by atoms with Crippen molar-refractivity contribution in [2.75, 3.05) is 14.1 Å².